The number of aryl methyl sites for hydroxylation is 1. The Morgan fingerprint density at radius 1 is 1.47 bits per heavy atom. The number of hydrogen-bond donors (Lipinski definition) is 1. The lowest BCUT2D eigenvalue weighted by atomic mass is 10.0. The van der Waals surface area contributed by atoms with Crippen LogP contribution < -0.4 is 10.1 Å². The van der Waals surface area contributed by atoms with Crippen LogP contribution in [0.3, 0.4) is 0 Å². The maximum Gasteiger partial charge on any atom is 0.180 e. The van der Waals surface area contributed by atoms with Crippen LogP contribution in [0.15, 0.2) is 6.07 Å². The molecule has 0 aromatic heterocycles. The van der Waals surface area contributed by atoms with Gasteiger partial charge in [0.1, 0.15) is 5.75 Å². The second kappa shape index (κ2) is 6.03. The number of ether oxygens (including phenoxy) is 1. The number of carbonyl (C=O) groups is 1. The zero-order valence-electron chi connectivity index (χ0n) is 10.7. The van der Waals surface area contributed by atoms with Crippen LogP contribution in [-0.2, 0) is 0 Å². The number of ketones is 1. The van der Waals surface area contributed by atoms with Gasteiger partial charge in [-0.3, -0.25) is 4.79 Å². The van der Waals surface area contributed by atoms with E-state index in [0.717, 1.165) is 17.7 Å². The number of nitrogens with one attached hydrogen (secondary N) is 1. The van der Waals surface area contributed by atoms with Gasteiger partial charge in [0, 0.05) is 5.02 Å². The van der Waals surface area contributed by atoms with Gasteiger partial charge in [-0.05, 0) is 37.6 Å². The fraction of sp³-hybridized carbons (Fsp3) is 0.462. The van der Waals surface area contributed by atoms with Crippen LogP contribution in [-0.4, -0.2) is 26.0 Å². The average molecular weight is 256 g/mol. The number of methoxy groups -OCH3 is 1. The summed E-state index contributed by atoms with van der Waals surface area (Å²) in [6, 6.07) is 1.80. The third kappa shape index (κ3) is 2.99. The summed E-state index contributed by atoms with van der Waals surface area (Å²) in [6.07, 6.45) is 0. The molecule has 0 aliphatic carbocycles. The van der Waals surface area contributed by atoms with Gasteiger partial charge in [-0.15, -0.1) is 0 Å². The predicted molar refractivity (Wildman–Crippen MR) is 70.4 cm³/mol. The molecule has 1 aromatic rings. The maximum absolute atomic E-state index is 12.1. The van der Waals surface area contributed by atoms with E-state index in [1.165, 1.54) is 0 Å². The van der Waals surface area contributed by atoms with Crippen LogP contribution in [0.2, 0.25) is 5.02 Å². The molecule has 0 saturated heterocycles. The summed E-state index contributed by atoms with van der Waals surface area (Å²) in [5, 5.41) is 3.64. The number of benzene rings is 1. The summed E-state index contributed by atoms with van der Waals surface area (Å²) in [7, 11) is 1.56. The van der Waals surface area contributed by atoms with E-state index in [1.807, 2.05) is 20.8 Å². The summed E-state index contributed by atoms with van der Waals surface area (Å²) in [4.78, 5) is 12.1. The molecule has 4 heteroatoms. The van der Waals surface area contributed by atoms with Gasteiger partial charge in [0.2, 0.25) is 0 Å². The number of rotatable bonds is 5. The molecule has 0 saturated carbocycles. The number of hydrogen-bond acceptors (Lipinski definition) is 3. The minimum absolute atomic E-state index is 0.00287. The smallest absolute Gasteiger partial charge is 0.180 e. The van der Waals surface area contributed by atoms with Crippen molar-refractivity contribution in [1.29, 1.82) is 0 Å². The van der Waals surface area contributed by atoms with Gasteiger partial charge < -0.3 is 10.1 Å². The normalized spacial score (nSPS) is 10.4. The van der Waals surface area contributed by atoms with Crippen LogP contribution in [0.1, 0.15) is 28.4 Å². The summed E-state index contributed by atoms with van der Waals surface area (Å²) in [5.41, 5.74) is 2.27. The second-order valence-corrected chi connectivity index (χ2v) is 4.29. The number of halogens is 1. The first-order valence-electron chi connectivity index (χ1n) is 5.60. The van der Waals surface area contributed by atoms with Crippen molar-refractivity contribution in [3.8, 4) is 5.75 Å². The van der Waals surface area contributed by atoms with Crippen LogP contribution in [0.4, 0.5) is 0 Å². The maximum atomic E-state index is 12.1. The summed E-state index contributed by atoms with van der Waals surface area (Å²) in [5.74, 6) is 0.593. The van der Waals surface area contributed by atoms with E-state index in [0.29, 0.717) is 22.9 Å². The molecule has 0 fully saturated rings. The van der Waals surface area contributed by atoms with Crippen molar-refractivity contribution >= 4 is 17.4 Å². The molecule has 17 heavy (non-hydrogen) atoms. The van der Waals surface area contributed by atoms with Gasteiger partial charge >= 0.3 is 0 Å². The van der Waals surface area contributed by atoms with E-state index in [-0.39, 0.29) is 5.78 Å². The van der Waals surface area contributed by atoms with Crippen molar-refractivity contribution in [3.05, 3.63) is 27.8 Å². The van der Waals surface area contributed by atoms with Gasteiger partial charge in [-0.2, -0.15) is 0 Å². The lowest BCUT2D eigenvalue weighted by Crippen LogP contribution is -2.23. The first-order chi connectivity index (χ1) is 8.02. The zero-order chi connectivity index (χ0) is 13.0. The Hall–Kier alpha value is -1.06. The Morgan fingerprint density at radius 3 is 2.65 bits per heavy atom. The van der Waals surface area contributed by atoms with Crippen molar-refractivity contribution in [2.75, 3.05) is 20.2 Å². The molecule has 0 aliphatic heterocycles. The SMILES string of the molecule is CCNCC(=O)c1c(OC)cc(C)c(Cl)c1C. The van der Waals surface area contributed by atoms with E-state index in [1.54, 1.807) is 13.2 Å². The molecule has 0 aliphatic rings. The lowest BCUT2D eigenvalue weighted by molar-refractivity contribution is 0.0988. The quantitative estimate of drug-likeness (QED) is 0.823. The molecule has 0 unspecified atom stereocenters. The largest absolute Gasteiger partial charge is 0.496 e. The zero-order valence-corrected chi connectivity index (χ0v) is 11.4. The lowest BCUT2D eigenvalue weighted by Gasteiger charge is -2.14. The van der Waals surface area contributed by atoms with E-state index in [4.69, 9.17) is 16.3 Å². The molecule has 0 atom stereocenters. The first kappa shape index (κ1) is 14.0. The summed E-state index contributed by atoms with van der Waals surface area (Å²) < 4.78 is 5.26. The minimum Gasteiger partial charge on any atom is -0.496 e. The molecule has 0 heterocycles. The summed E-state index contributed by atoms with van der Waals surface area (Å²) >= 11 is 6.16. The van der Waals surface area contributed by atoms with Crippen molar-refractivity contribution in [3.63, 3.8) is 0 Å². The molecule has 0 radical (unpaired) electrons. The molecule has 94 valence electrons. The Balaban J connectivity index is 3.21. The summed E-state index contributed by atoms with van der Waals surface area (Å²) in [6.45, 7) is 6.76. The fourth-order valence-electron chi connectivity index (χ4n) is 1.76. The molecule has 1 N–H and O–H groups in total. The molecule has 1 rings (SSSR count). The van der Waals surface area contributed by atoms with E-state index >= 15 is 0 Å². The Kier molecular flexibility index (Phi) is 4.97. The van der Waals surface area contributed by atoms with Gasteiger partial charge in [0.05, 0.1) is 19.2 Å². The molecule has 0 bridgehead atoms. The van der Waals surface area contributed by atoms with E-state index in [9.17, 15) is 4.79 Å². The van der Waals surface area contributed by atoms with Gasteiger partial charge in [0.25, 0.3) is 0 Å². The molecule has 0 spiro atoms. The fourth-order valence-corrected chi connectivity index (χ4v) is 1.91. The minimum atomic E-state index is 0.00287. The Bertz CT molecular complexity index is 430. The predicted octanol–water partition coefficient (Wildman–Crippen LogP) is 2.76. The standard InChI is InChI=1S/C13H18ClNO2/c1-5-15-7-10(16)12-9(3)13(14)8(2)6-11(12)17-4/h6,15H,5,7H2,1-4H3. The van der Waals surface area contributed by atoms with Crippen molar-refractivity contribution in [2.45, 2.75) is 20.8 Å². The van der Waals surface area contributed by atoms with Gasteiger partial charge in [0.15, 0.2) is 5.78 Å². The topological polar surface area (TPSA) is 38.3 Å². The van der Waals surface area contributed by atoms with Gasteiger partial charge in [-0.25, -0.2) is 0 Å². The molecular weight excluding hydrogens is 238 g/mol. The highest BCUT2D eigenvalue weighted by Gasteiger charge is 2.18. The highest BCUT2D eigenvalue weighted by Crippen LogP contribution is 2.31. The van der Waals surface area contributed by atoms with E-state index in [2.05, 4.69) is 5.32 Å². The van der Waals surface area contributed by atoms with Crippen LogP contribution in [0.5, 0.6) is 5.75 Å². The average Bonchev–Trinajstić information content (AvgIpc) is 2.32. The monoisotopic (exact) mass is 255 g/mol. The third-order valence-corrected chi connectivity index (χ3v) is 3.26. The highest BCUT2D eigenvalue weighted by atomic mass is 35.5. The van der Waals surface area contributed by atoms with Crippen LogP contribution in [0, 0.1) is 13.8 Å². The molecule has 0 amide bonds. The van der Waals surface area contributed by atoms with Gasteiger partial charge in [-0.1, -0.05) is 18.5 Å². The van der Waals surface area contributed by atoms with Crippen molar-refractivity contribution in [2.24, 2.45) is 0 Å². The molecule has 3 nitrogen and oxygen atoms in total. The number of carbonyl (C=O) groups excluding carboxylic acids is 1. The first-order valence-corrected chi connectivity index (χ1v) is 5.98. The number of Topliss-reactive ketones (excluding diaryl/α,β-unsaturated/α-hetero) is 1. The molecule has 1 aromatic carbocycles. The van der Waals surface area contributed by atoms with Crippen molar-refractivity contribution < 1.29 is 9.53 Å². The van der Waals surface area contributed by atoms with Crippen molar-refractivity contribution in [1.82, 2.24) is 5.32 Å². The Morgan fingerprint density at radius 2 is 2.12 bits per heavy atom. The highest BCUT2D eigenvalue weighted by molar-refractivity contribution is 6.32. The van der Waals surface area contributed by atoms with Crippen LogP contribution in [0.25, 0.3) is 0 Å². The Labute approximate surface area is 107 Å². The third-order valence-electron chi connectivity index (χ3n) is 2.68. The second-order valence-electron chi connectivity index (χ2n) is 3.91. The number of likely N-dealkylation sites (N-methyl/N-ethyl adjacent to an activating group) is 1. The molecular formula is C13H18ClNO2. The van der Waals surface area contributed by atoms with Crippen LogP contribution >= 0.6 is 11.6 Å². The van der Waals surface area contributed by atoms with E-state index < -0.39 is 0 Å².